The van der Waals surface area contributed by atoms with Crippen LogP contribution >= 0.6 is 11.8 Å². The molecule has 0 saturated heterocycles. The molecule has 3 aromatic carbocycles. The van der Waals surface area contributed by atoms with Crippen molar-refractivity contribution in [3.05, 3.63) is 83.4 Å². The number of anilines is 1. The van der Waals surface area contributed by atoms with E-state index in [1.165, 1.54) is 17.8 Å². The Morgan fingerprint density at radius 3 is 2.38 bits per heavy atom. The predicted molar refractivity (Wildman–Crippen MR) is 112 cm³/mol. The minimum atomic E-state index is -3.90. The quantitative estimate of drug-likeness (QED) is 0.646. The van der Waals surface area contributed by atoms with Gasteiger partial charge in [0.25, 0.3) is 5.91 Å². The summed E-state index contributed by atoms with van der Waals surface area (Å²) in [5, 5.41) is 17.2. The highest BCUT2D eigenvalue weighted by atomic mass is 32.2. The van der Waals surface area contributed by atoms with Gasteiger partial charge in [-0.05, 0) is 48.9 Å². The second-order valence-corrected chi connectivity index (χ2v) is 8.80. The molecule has 0 fully saturated rings. The second-order valence-electron chi connectivity index (χ2n) is 6.19. The maximum atomic E-state index is 12.9. The van der Waals surface area contributed by atoms with Gasteiger partial charge in [0.05, 0.1) is 16.0 Å². The third-order valence-corrected chi connectivity index (χ3v) is 6.32. The zero-order valence-electron chi connectivity index (χ0n) is 15.4. The third kappa shape index (κ3) is 4.84. The van der Waals surface area contributed by atoms with Gasteiger partial charge in [0, 0.05) is 15.5 Å². The molecule has 3 aromatic rings. The van der Waals surface area contributed by atoms with Gasteiger partial charge < -0.3 is 5.32 Å². The summed E-state index contributed by atoms with van der Waals surface area (Å²) in [7, 11) is -3.90. The summed E-state index contributed by atoms with van der Waals surface area (Å²) in [6.07, 6.45) is 0. The number of primary sulfonamides is 1. The van der Waals surface area contributed by atoms with Crippen LogP contribution in [0.15, 0.2) is 81.4 Å². The summed E-state index contributed by atoms with van der Waals surface area (Å²) < 4.78 is 23.4. The first-order valence-corrected chi connectivity index (χ1v) is 10.9. The number of nitrogens with two attached hydrogens (primary N) is 1. The van der Waals surface area contributed by atoms with E-state index in [0.717, 1.165) is 4.90 Å². The van der Waals surface area contributed by atoms with E-state index in [-0.39, 0.29) is 4.90 Å². The molecule has 0 aromatic heterocycles. The number of hydrogen-bond acceptors (Lipinski definition) is 5. The van der Waals surface area contributed by atoms with E-state index in [9.17, 15) is 18.5 Å². The summed E-state index contributed by atoms with van der Waals surface area (Å²) in [6, 6.07) is 20.8. The molecule has 0 heterocycles. The largest absolute Gasteiger partial charge is 0.322 e. The average molecular weight is 424 g/mol. The molecule has 3 rings (SSSR count). The van der Waals surface area contributed by atoms with Crippen LogP contribution in [0.25, 0.3) is 0 Å². The zero-order valence-corrected chi connectivity index (χ0v) is 17.0. The Kier molecular flexibility index (Phi) is 6.03. The van der Waals surface area contributed by atoms with Crippen molar-refractivity contribution in [2.24, 2.45) is 5.14 Å². The first kappa shape index (κ1) is 20.6. The van der Waals surface area contributed by atoms with Crippen LogP contribution in [0.3, 0.4) is 0 Å². The maximum Gasteiger partial charge on any atom is 0.256 e. The Hall–Kier alpha value is -3.12. The molecular formula is C21H17N3O3S2. The molecule has 0 atom stereocenters. The van der Waals surface area contributed by atoms with E-state index in [4.69, 9.17) is 5.14 Å². The lowest BCUT2D eigenvalue weighted by atomic mass is 10.2. The monoisotopic (exact) mass is 423 g/mol. The van der Waals surface area contributed by atoms with Crippen molar-refractivity contribution in [2.45, 2.75) is 21.6 Å². The van der Waals surface area contributed by atoms with Crippen molar-refractivity contribution >= 4 is 33.4 Å². The fourth-order valence-corrected chi connectivity index (χ4v) is 4.53. The van der Waals surface area contributed by atoms with Gasteiger partial charge in [0.2, 0.25) is 10.0 Å². The SMILES string of the molecule is Cc1ccc(NC(=O)c2ccccc2Sc2ccccc2C#N)cc1S(N)(=O)=O. The average Bonchev–Trinajstić information content (AvgIpc) is 2.69. The fourth-order valence-electron chi connectivity index (χ4n) is 2.69. The Labute approximate surface area is 173 Å². The molecule has 0 bridgehead atoms. The highest BCUT2D eigenvalue weighted by molar-refractivity contribution is 7.99. The molecule has 0 spiro atoms. The number of carbonyl (C=O) groups excluding carboxylic acids is 1. The lowest BCUT2D eigenvalue weighted by molar-refractivity contribution is 0.102. The van der Waals surface area contributed by atoms with E-state index in [2.05, 4.69) is 11.4 Å². The number of rotatable bonds is 5. The number of sulfonamides is 1. The third-order valence-electron chi connectivity index (χ3n) is 4.11. The molecule has 146 valence electrons. The lowest BCUT2D eigenvalue weighted by Gasteiger charge is -2.12. The number of nitrogens with zero attached hydrogens (tertiary/aromatic N) is 1. The number of nitrogens with one attached hydrogen (secondary N) is 1. The van der Waals surface area contributed by atoms with Gasteiger partial charge in [-0.25, -0.2) is 13.6 Å². The second kappa shape index (κ2) is 8.49. The maximum absolute atomic E-state index is 12.9. The molecule has 29 heavy (non-hydrogen) atoms. The van der Waals surface area contributed by atoms with Gasteiger partial charge >= 0.3 is 0 Å². The summed E-state index contributed by atoms with van der Waals surface area (Å²) in [4.78, 5) is 14.2. The smallest absolute Gasteiger partial charge is 0.256 e. The zero-order chi connectivity index (χ0) is 21.0. The lowest BCUT2D eigenvalue weighted by Crippen LogP contribution is -2.16. The summed E-state index contributed by atoms with van der Waals surface area (Å²) in [6.45, 7) is 1.63. The summed E-state index contributed by atoms with van der Waals surface area (Å²) >= 11 is 1.31. The first-order chi connectivity index (χ1) is 13.8. The van der Waals surface area contributed by atoms with Crippen LogP contribution < -0.4 is 10.5 Å². The van der Waals surface area contributed by atoms with Gasteiger partial charge in [0.1, 0.15) is 6.07 Å². The molecule has 0 unspecified atom stereocenters. The van der Waals surface area contributed by atoms with Crippen LogP contribution in [-0.4, -0.2) is 14.3 Å². The minimum Gasteiger partial charge on any atom is -0.322 e. The van der Waals surface area contributed by atoms with Crippen molar-refractivity contribution in [2.75, 3.05) is 5.32 Å². The van der Waals surface area contributed by atoms with Crippen LogP contribution in [0.4, 0.5) is 5.69 Å². The number of benzene rings is 3. The van der Waals surface area contributed by atoms with Crippen LogP contribution in [-0.2, 0) is 10.0 Å². The van der Waals surface area contributed by atoms with E-state index < -0.39 is 15.9 Å². The molecule has 0 saturated carbocycles. The van der Waals surface area contributed by atoms with Crippen molar-refractivity contribution in [1.29, 1.82) is 5.26 Å². The summed E-state index contributed by atoms with van der Waals surface area (Å²) in [5.74, 6) is -0.397. The van der Waals surface area contributed by atoms with Crippen LogP contribution in [0.2, 0.25) is 0 Å². The number of nitriles is 1. The molecule has 0 radical (unpaired) electrons. The Morgan fingerprint density at radius 2 is 1.69 bits per heavy atom. The van der Waals surface area contributed by atoms with Crippen LogP contribution in [0.1, 0.15) is 21.5 Å². The van der Waals surface area contributed by atoms with Gasteiger partial charge in [-0.1, -0.05) is 42.1 Å². The van der Waals surface area contributed by atoms with E-state index in [0.29, 0.717) is 27.3 Å². The predicted octanol–water partition coefficient (Wildman–Crippen LogP) is 3.92. The Balaban J connectivity index is 1.91. The van der Waals surface area contributed by atoms with Crippen LogP contribution in [0.5, 0.6) is 0 Å². The number of amides is 1. The first-order valence-electron chi connectivity index (χ1n) is 8.50. The molecule has 3 N–H and O–H groups in total. The van der Waals surface area contributed by atoms with Gasteiger partial charge in [-0.15, -0.1) is 0 Å². The van der Waals surface area contributed by atoms with E-state index >= 15 is 0 Å². The molecule has 0 aliphatic rings. The van der Waals surface area contributed by atoms with Crippen molar-refractivity contribution in [3.63, 3.8) is 0 Å². The van der Waals surface area contributed by atoms with E-state index in [1.54, 1.807) is 55.5 Å². The number of hydrogen-bond donors (Lipinski definition) is 2. The molecular weight excluding hydrogens is 406 g/mol. The van der Waals surface area contributed by atoms with Crippen molar-refractivity contribution in [3.8, 4) is 6.07 Å². The van der Waals surface area contributed by atoms with E-state index in [1.807, 2.05) is 12.1 Å². The Morgan fingerprint density at radius 1 is 1.03 bits per heavy atom. The molecule has 0 aliphatic carbocycles. The van der Waals surface area contributed by atoms with Crippen LogP contribution in [0, 0.1) is 18.3 Å². The van der Waals surface area contributed by atoms with Gasteiger partial charge in [-0.2, -0.15) is 5.26 Å². The van der Waals surface area contributed by atoms with Gasteiger partial charge in [0.15, 0.2) is 0 Å². The number of carbonyl (C=O) groups is 1. The topological polar surface area (TPSA) is 113 Å². The molecule has 1 amide bonds. The molecule has 6 nitrogen and oxygen atoms in total. The summed E-state index contributed by atoms with van der Waals surface area (Å²) in [5.41, 5.74) is 1.74. The Bertz CT molecular complexity index is 1230. The van der Waals surface area contributed by atoms with Crippen molar-refractivity contribution < 1.29 is 13.2 Å². The highest BCUT2D eigenvalue weighted by Crippen LogP contribution is 2.33. The van der Waals surface area contributed by atoms with Gasteiger partial charge in [-0.3, -0.25) is 4.79 Å². The normalized spacial score (nSPS) is 10.9. The minimum absolute atomic E-state index is 0.0408. The van der Waals surface area contributed by atoms with Crippen molar-refractivity contribution in [1.82, 2.24) is 0 Å². The fraction of sp³-hybridized carbons (Fsp3) is 0.0476. The highest BCUT2D eigenvalue weighted by Gasteiger charge is 2.16. The molecule has 0 aliphatic heterocycles. The molecule has 8 heteroatoms. The number of aryl methyl sites for hydroxylation is 1. The standard InChI is InChI=1S/C21H17N3O3S2/c1-14-10-11-16(12-20(14)29(23,26)27)24-21(25)17-7-3-5-9-19(17)28-18-8-4-2-6-15(18)13-22/h2-12H,1H3,(H,24,25)(H2,23,26,27).